The number of phosphoric acid groups is 1. The molecule has 22 heavy (non-hydrogen) atoms. The summed E-state index contributed by atoms with van der Waals surface area (Å²) in [4.78, 5) is 21.6. The summed E-state index contributed by atoms with van der Waals surface area (Å²) in [5, 5.41) is 1.50. The Labute approximate surface area is 147 Å². The van der Waals surface area contributed by atoms with Gasteiger partial charge >= 0.3 is 102 Å². The minimum Gasteiger partial charge on any atom is -0.303 e. The molecule has 0 aromatic carbocycles. The maximum Gasteiger partial charge on any atom is 0.466 e. The van der Waals surface area contributed by atoms with Crippen LogP contribution < -0.4 is 0 Å². The van der Waals surface area contributed by atoms with Crippen LogP contribution >= 0.6 is 7.82 Å². The first-order valence-corrected chi connectivity index (χ1v) is 12.7. The molecule has 0 aliphatic heterocycles. The van der Waals surface area contributed by atoms with E-state index in [1.807, 2.05) is 0 Å². The van der Waals surface area contributed by atoms with E-state index < -0.39 is 7.82 Å². The van der Waals surface area contributed by atoms with Gasteiger partial charge in [-0.15, -0.1) is 0 Å². The molecule has 0 spiro atoms. The topological polar surface area (TPSA) is 77.8 Å². The van der Waals surface area contributed by atoms with Gasteiger partial charge in [0.25, 0.3) is 0 Å². The van der Waals surface area contributed by atoms with E-state index in [-0.39, 0.29) is 0 Å². The van der Waals surface area contributed by atoms with E-state index in [1.54, 1.807) is 0 Å². The molecule has 0 radical (unpaired) electrons. The fourth-order valence-electron chi connectivity index (χ4n) is 2.37. The summed E-state index contributed by atoms with van der Waals surface area (Å²) < 4.78 is 8.88. The zero-order valence-electron chi connectivity index (χ0n) is 14.5. The largest absolute Gasteiger partial charge is 0.466 e. The Balaban J connectivity index is 0. The van der Waals surface area contributed by atoms with Crippen molar-refractivity contribution in [3.05, 3.63) is 0 Å². The van der Waals surface area contributed by atoms with Gasteiger partial charge in [-0.05, 0) is 0 Å². The van der Waals surface area contributed by atoms with Gasteiger partial charge in [0.15, 0.2) is 0 Å². The normalized spacial score (nSPS) is 11.2. The van der Waals surface area contributed by atoms with Crippen LogP contribution in [0.25, 0.3) is 0 Å². The van der Waals surface area contributed by atoms with Crippen LogP contribution in [0.2, 0.25) is 5.02 Å². The molecule has 0 amide bonds. The monoisotopic (exact) mass is 387 g/mol. The van der Waals surface area contributed by atoms with E-state index in [4.69, 9.17) is 19.2 Å². The molecule has 0 atom stereocenters. The van der Waals surface area contributed by atoms with E-state index >= 15 is 0 Å². The molecule has 0 rings (SSSR count). The Morgan fingerprint density at radius 3 is 1.09 bits per heavy atom. The van der Waals surface area contributed by atoms with Crippen molar-refractivity contribution in [2.45, 2.75) is 102 Å². The quantitative estimate of drug-likeness (QED) is 0.208. The third-order valence-electron chi connectivity index (χ3n) is 3.60. The van der Waals surface area contributed by atoms with Gasteiger partial charge < -0.3 is 14.7 Å². The van der Waals surface area contributed by atoms with Crippen LogP contribution in [0.3, 0.4) is 0 Å². The van der Waals surface area contributed by atoms with Crippen LogP contribution in [-0.2, 0) is 22.9 Å². The van der Waals surface area contributed by atoms with Crippen molar-refractivity contribution in [3.63, 3.8) is 0 Å². The summed E-state index contributed by atoms with van der Waals surface area (Å²) >= 11 is 1.50. The van der Waals surface area contributed by atoms with Crippen molar-refractivity contribution in [2.24, 2.45) is 0 Å². The van der Waals surface area contributed by atoms with Crippen molar-refractivity contribution < 1.29 is 37.5 Å². The van der Waals surface area contributed by atoms with Gasteiger partial charge in [0.1, 0.15) is 0 Å². The molecule has 0 bridgehead atoms. The fraction of sp³-hybridized carbons (Fsp3) is 1.00. The van der Waals surface area contributed by atoms with Crippen molar-refractivity contribution in [1.82, 2.24) is 0 Å². The summed E-state index contributed by atoms with van der Waals surface area (Å²) in [5.74, 6) is 0. The standard InChI is InChI=1S/C16H33.H3O4P.Zn/c1-3-5-7-9-11-13-15-16-14-12-10-8-6-4-2;1-5(2,3)4;/h1,3-16H2,2H3;(H3,1,2,3,4);. The number of rotatable bonds is 14. The molecule has 3 N–H and O–H groups in total. The first-order valence-electron chi connectivity index (χ1n) is 8.99. The summed E-state index contributed by atoms with van der Waals surface area (Å²) in [6.07, 6.45) is 20.7. The maximum absolute atomic E-state index is 8.88. The van der Waals surface area contributed by atoms with Crippen LogP contribution in [0.15, 0.2) is 0 Å². The van der Waals surface area contributed by atoms with Crippen molar-refractivity contribution in [1.29, 1.82) is 0 Å². The van der Waals surface area contributed by atoms with E-state index in [0.717, 1.165) is 0 Å². The SMILES string of the molecule is CCCCCCCCCCCCCCC[CH2][Zn].O=P(O)(O)O. The molecule has 0 saturated carbocycles. The molecule has 0 aromatic heterocycles. The summed E-state index contributed by atoms with van der Waals surface area (Å²) in [6, 6.07) is 0. The average Bonchev–Trinajstić information content (AvgIpc) is 2.42. The summed E-state index contributed by atoms with van der Waals surface area (Å²) in [5.41, 5.74) is 0. The van der Waals surface area contributed by atoms with Crippen LogP contribution in [0.5, 0.6) is 0 Å². The second-order valence-electron chi connectivity index (χ2n) is 5.96. The van der Waals surface area contributed by atoms with Gasteiger partial charge in [0.05, 0.1) is 0 Å². The molecule has 0 aliphatic carbocycles. The average molecular weight is 389 g/mol. The van der Waals surface area contributed by atoms with Crippen LogP contribution in [0, 0.1) is 0 Å². The van der Waals surface area contributed by atoms with E-state index in [1.165, 1.54) is 113 Å². The Morgan fingerprint density at radius 2 is 0.864 bits per heavy atom. The molecule has 0 aromatic rings. The van der Waals surface area contributed by atoms with Gasteiger partial charge in [-0.3, -0.25) is 0 Å². The van der Waals surface area contributed by atoms with Gasteiger partial charge in [-0.2, -0.15) is 0 Å². The van der Waals surface area contributed by atoms with E-state index in [0.29, 0.717) is 0 Å². The third-order valence-corrected chi connectivity index (χ3v) is 4.65. The van der Waals surface area contributed by atoms with Crippen molar-refractivity contribution in [3.8, 4) is 0 Å². The van der Waals surface area contributed by atoms with Gasteiger partial charge in [0.2, 0.25) is 0 Å². The van der Waals surface area contributed by atoms with E-state index in [2.05, 4.69) is 6.92 Å². The van der Waals surface area contributed by atoms with Crippen molar-refractivity contribution >= 4 is 7.82 Å². The molecule has 4 nitrogen and oxygen atoms in total. The molecule has 6 heteroatoms. The first-order chi connectivity index (χ1) is 10.4. The minimum absolute atomic E-state index is 1.38. The third kappa shape index (κ3) is 37.2. The Bertz CT molecular complexity index is 224. The molecule has 0 fully saturated rings. The Kier molecular flexibility index (Phi) is 22.5. The second kappa shape index (κ2) is 19.8. The number of hydrogen-bond donors (Lipinski definition) is 3. The first kappa shape index (κ1) is 25.0. The molecule has 0 aliphatic rings. The Hall–Kier alpha value is 0.733. The van der Waals surface area contributed by atoms with Crippen LogP contribution in [-0.4, -0.2) is 14.7 Å². The number of hydrogen-bond acceptors (Lipinski definition) is 1. The minimum atomic E-state index is -4.64. The smallest absolute Gasteiger partial charge is 0.303 e. The zero-order chi connectivity index (χ0) is 17.1. The van der Waals surface area contributed by atoms with Crippen LogP contribution in [0.4, 0.5) is 0 Å². The zero-order valence-corrected chi connectivity index (χ0v) is 18.4. The molecule has 131 valence electrons. The molecule has 0 heterocycles. The van der Waals surface area contributed by atoms with Gasteiger partial charge in [-0.25, -0.2) is 4.57 Å². The van der Waals surface area contributed by atoms with Gasteiger partial charge in [0, 0.05) is 0 Å². The molecular weight excluding hydrogens is 353 g/mol. The van der Waals surface area contributed by atoms with E-state index in [9.17, 15) is 0 Å². The van der Waals surface area contributed by atoms with Crippen molar-refractivity contribution in [2.75, 3.05) is 0 Å². The molecular formula is C16H36O4PZn. The predicted molar refractivity (Wildman–Crippen MR) is 89.4 cm³/mol. The summed E-state index contributed by atoms with van der Waals surface area (Å²) in [6.45, 7) is 2.29. The maximum atomic E-state index is 8.88. The molecule has 0 saturated heterocycles. The molecule has 0 unspecified atom stereocenters. The Morgan fingerprint density at radius 1 is 0.636 bits per heavy atom. The fourth-order valence-corrected chi connectivity index (χ4v) is 3.11. The predicted octanol–water partition coefficient (Wildman–Crippen LogP) is 5.50. The van der Waals surface area contributed by atoms with Gasteiger partial charge in [-0.1, -0.05) is 26.2 Å². The van der Waals surface area contributed by atoms with Crippen LogP contribution in [0.1, 0.15) is 96.8 Å². The second-order valence-corrected chi connectivity index (χ2v) is 8.47. The number of unbranched alkanes of at least 4 members (excludes halogenated alkanes) is 13. The summed E-state index contributed by atoms with van der Waals surface area (Å²) in [7, 11) is -4.64.